The summed E-state index contributed by atoms with van der Waals surface area (Å²) in [6.45, 7) is 7.36. The van der Waals surface area contributed by atoms with Crippen LogP contribution in [0.4, 0.5) is 4.79 Å². The number of carbonyl (C=O) groups excluding carboxylic acids is 1. The van der Waals surface area contributed by atoms with Crippen molar-refractivity contribution in [3.63, 3.8) is 0 Å². The zero-order valence-electron chi connectivity index (χ0n) is 23.4. The number of carbonyl (C=O) groups is 1. The normalized spacial score (nSPS) is 15.0. The Kier molecular flexibility index (Phi) is 9.96. The lowest BCUT2D eigenvalue weighted by molar-refractivity contribution is 0.133. The molecule has 4 nitrogen and oxygen atoms in total. The highest BCUT2D eigenvalue weighted by molar-refractivity contribution is 6.99. The van der Waals surface area contributed by atoms with E-state index in [1.54, 1.807) is 0 Å². The molecular formula is C34H41NO3Si. The van der Waals surface area contributed by atoms with Gasteiger partial charge in [-0.2, -0.15) is 0 Å². The van der Waals surface area contributed by atoms with Crippen LogP contribution in [0.5, 0.6) is 0 Å². The maximum Gasteiger partial charge on any atom is 0.408 e. The van der Waals surface area contributed by atoms with Crippen molar-refractivity contribution in [2.75, 3.05) is 6.61 Å². The average molecular weight is 540 g/mol. The summed E-state index contributed by atoms with van der Waals surface area (Å²) >= 11 is 0. The van der Waals surface area contributed by atoms with Gasteiger partial charge in [0.15, 0.2) is 0 Å². The van der Waals surface area contributed by atoms with Crippen LogP contribution in [0.3, 0.4) is 0 Å². The molecule has 1 aliphatic rings. The van der Waals surface area contributed by atoms with Crippen molar-refractivity contribution in [1.29, 1.82) is 0 Å². The molecule has 3 aromatic rings. The number of allylic oxidation sites excluding steroid dienone is 3. The summed E-state index contributed by atoms with van der Waals surface area (Å²) < 4.78 is 12.7. The van der Waals surface area contributed by atoms with Crippen LogP contribution in [0.2, 0.25) is 5.04 Å². The first-order chi connectivity index (χ1) is 18.9. The van der Waals surface area contributed by atoms with E-state index in [0.717, 1.165) is 18.4 Å². The Bertz CT molecular complexity index is 1190. The Morgan fingerprint density at radius 2 is 1.49 bits per heavy atom. The molecule has 0 fully saturated rings. The molecule has 0 aromatic heterocycles. The van der Waals surface area contributed by atoms with Crippen LogP contribution in [0.25, 0.3) is 0 Å². The van der Waals surface area contributed by atoms with E-state index in [0.29, 0.717) is 6.61 Å². The van der Waals surface area contributed by atoms with Crippen molar-refractivity contribution in [1.82, 2.24) is 5.32 Å². The molecule has 204 valence electrons. The van der Waals surface area contributed by atoms with E-state index in [2.05, 4.69) is 92.8 Å². The minimum absolute atomic E-state index is 0.149. The van der Waals surface area contributed by atoms with Crippen LogP contribution < -0.4 is 15.7 Å². The third-order valence-corrected chi connectivity index (χ3v) is 12.3. The quantitative estimate of drug-likeness (QED) is 0.285. The van der Waals surface area contributed by atoms with Gasteiger partial charge in [-0.3, -0.25) is 0 Å². The smallest absolute Gasteiger partial charge is 0.408 e. The first kappa shape index (κ1) is 28.6. The lowest BCUT2D eigenvalue weighted by Gasteiger charge is -2.43. The highest BCUT2D eigenvalue weighted by Gasteiger charge is 2.50. The molecule has 0 radical (unpaired) electrons. The molecule has 0 heterocycles. The number of rotatable bonds is 10. The molecule has 4 rings (SSSR count). The maximum absolute atomic E-state index is 12.9. The van der Waals surface area contributed by atoms with Gasteiger partial charge >= 0.3 is 6.09 Å². The minimum atomic E-state index is -2.74. The largest absolute Gasteiger partial charge is 0.445 e. The van der Waals surface area contributed by atoms with Gasteiger partial charge < -0.3 is 14.5 Å². The van der Waals surface area contributed by atoms with Crippen molar-refractivity contribution in [2.24, 2.45) is 0 Å². The number of nitrogens with one attached hydrogen (secondary N) is 1. The summed E-state index contributed by atoms with van der Waals surface area (Å²) in [6, 6.07) is 30.6. The summed E-state index contributed by atoms with van der Waals surface area (Å²) in [5.74, 6) is 0. The predicted molar refractivity (Wildman–Crippen MR) is 163 cm³/mol. The molecule has 1 amide bonds. The third kappa shape index (κ3) is 7.58. The Morgan fingerprint density at radius 1 is 0.897 bits per heavy atom. The molecule has 0 saturated heterocycles. The van der Waals surface area contributed by atoms with E-state index >= 15 is 0 Å². The summed E-state index contributed by atoms with van der Waals surface area (Å²) in [4.78, 5) is 12.9. The molecule has 0 bridgehead atoms. The van der Waals surface area contributed by atoms with Crippen molar-refractivity contribution in [3.8, 4) is 0 Å². The maximum atomic E-state index is 12.9. The zero-order chi connectivity index (χ0) is 27.6. The van der Waals surface area contributed by atoms with E-state index in [9.17, 15) is 4.79 Å². The van der Waals surface area contributed by atoms with Gasteiger partial charge in [0.2, 0.25) is 0 Å². The first-order valence-electron chi connectivity index (χ1n) is 14.0. The van der Waals surface area contributed by atoms with Crippen LogP contribution >= 0.6 is 0 Å². The highest BCUT2D eigenvalue weighted by Crippen LogP contribution is 2.36. The Labute approximate surface area is 234 Å². The fourth-order valence-corrected chi connectivity index (χ4v) is 9.88. The minimum Gasteiger partial charge on any atom is -0.445 e. The van der Waals surface area contributed by atoms with Gasteiger partial charge in [-0.15, -0.1) is 0 Å². The number of amides is 1. The second-order valence-electron chi connectivity index (χ2n) is 11.2. The van der Waals surface area contributed by atoms with Crippen LogP contribution in [0.1, 0.15) is 52.0 Å². The van der Waals surface area contributed by atoms with Gasteiger partial charge in [-0.05, 0) is 46.7 Å². The predicted octanol–water partition coefficient (Wildman–Crippen LogP) is 6.91. The molecule has 0 saturated carbocycles. The summed E-state index contributed by atoms with van der Waals surface area (Å²) in [6.07, 6.45) is 10.7. The lowest BCUT2D eigenvalue weighted by Crippen LogP contribution is -2.67. The molecule has 0 spiro atoms. The molecule has 39 heavy (non-hydrogen) atoms. The van der Waals surface area contributed by atoms with E-state index in [4.69, 9.17) is 9.16 Å². The molecule has 1 N–H and O–H groups in total. The fourth-order valence-electron chi connectivity index (χ4n) is 5.29. The fraction of sp³-hybridized carbons (Fsp3) is 0.324. The number of alkyl carbamates (subject to hydrolysis) is 1. The average Bonchev–Trinajstić information content (AvgIpc) is 2.96. The van der Waals surface area contributed by atoms with Gasteiger partial charge in [0, 0.05) is 0 Å². The standard InChI is InChI=1S/C34H41NO3Si/c1-34(2,3)39(31-20-12-6-13-21-31,32-22-14-7-15-23-32)38-27-30(25-24-28-16-8-4-9-17-28)35-33(36)37-26-29-18-10-5-11-19-29/h5-7,10-16,18-25,30H,4,8-9,17,26-27H2,1-3H3,(H,35,36)/b25-24+/t30-/m0/s1. The number of ether oxygens (including phenoxy) is 1. The molecule has 5 heteroatoms. The van der Waals surface area contributed by atoms with Crippen molar-refractivity contribution < 1.29 is 14.0 Å². The van der Waals surface area contributed by atoms with Crippen molar-refractivity contribution in [3.05, 3.63) is 120 Å². The van der Waals surface area contributed by atoms with Gasteiger partial charge in [0.05, 0.1) is 12.6 Å². The number of benzene rings is 3. The first-order valence-corrected chi connectivity index (χ1v) is 15.9. The zero-order valence-corrected chi connectivity index (χ0v) is 24.4. The SMILES string of the molecule is CC(C)(C)[Si](OC[C@H](/C=C/C1=CCCCC1)NC(=O)OCc1ccccc1)(c1ccccc1)c1ccccc1. The third-order valence-electron chi connectivity index (χ3n) is 7.28. The van der Waals surface area contributed by atoms with Gasteiger partial charge in [-0.1, -0.05) is 136 Å². The van der Waals surface area contributed by atoms with E-state index in [-0.39, 0.29) is 17.7 Å². The van der Waals surface area contributed by atoms with E-state index in [1.807, 2.05) is 42.5 Å². The van der Waals surface area contributed by atoms with Crippen LogP contribution in [-0.4, -0.2) is 27.1 Å². The summed E-state index contributed by atoms with van der Waals surface area (Å²) in [7, 11) is -2.74. The topological polar surface area (TPSA) is 47.6 Å². The van der Waals surface area contributed by atoms with Gasteiger partial charge in [-0.25, -0.2) is 4.79 Å². The monoisotopic (exact) mass is 539 g/mol. The molecule has 3 aromatic carbocycles. The Balaban J connectivity index is 1.60. The molecule has 0 unspecified atom stereocenters. The van der Waals surface area contributed by atoms with E-state index < -0.39 is 14.4 Å². The van der Waals surface area contributed by atoms with Gasteiger partial charge in [0.1, 0.15) is 6.61 Å². The molecule has 0 aliphatic heterocycles. The summed E-state index contributed by atoms with van der Waals surface area (Å²) in [5, 5.41) is 5.36. The second kappa shape index (κ2) is 13.6. The Hall–Kier alpha value is -3.41. The van der Waals surface area contributed by atoms with Gasteiger partial charge in [0.25, 0.3) is 8.32 Å². The number of hydrogen-bond acceptors (Lipinski definition) is 3. The summed E-state index contributed by atoms with van der Waals surface area (Å²) in [5.41, 5.74) is 2.27. The highest BCUT2D eigenvalue weighted by atomic mass is 28.4. The van der Waals surface area contributed by atoms with Crippen molar-refractivity contribution in [2.45, 2.75) is 64.1 Å². The molecule has 1 atom stereocenters. The van der Waals surface area contributed by atoms with Crippen molar-refractivity contribution >= 4 is 24.8 Å². The Morgan fingerprint density at radius 3 is 2.03 bits per heavy atom. The lowest BCUT2D eigenvalue weighted by atomic mass is 9.99. The van der Waals surface area contributed by atoms with E-state index in [1.165, 1.54) is 28.8 Å². The van der Waals surface area contributed by atoms with Crippen LogP contribution in [0, 0.1) is 0 Å². The van der Waals surface area contributed by atoms with Crippen LogP contribution in [-0.2, 0) is 15.8 Å². The molecule has 1 aliphatic carbocycles. The van der Waals surface area contributed by atoms with Crippen LogP contribution in [0.15, 0.2) is 115 Å². The number of hydrogen-bond donors (Lipinski definition) is 1. The molecular weight excluding hydrogens is 498 g/mol. The second-order valence-corrected chi connectivity index (χ2v) is 15.5.